The average Bonchev–Trinajstić information content (AvgIpc) is 1.66. The van der Waals surface area contributed by atoms with E-state index in [-0.39, 0.29) is 0 Å². The van der Waals surface area contributed by atoms with Gasteiger partial charge in [0.1, 0.15) is 0 Å². The summed E-state index contributed by atoms with van der Waals surface area (Å²) < 4.78 is 4.84. The Hall–Kier alpha value is -17.5. The summed E-state index contributed by atoms with van der Waals surface area (Å²) >= 11 is 0. The molecular formula is C121H73N9. The van der Waals surface area contributed by atoms with Gasteiger partial charge in [-0.1, -0.05) is 358 Å². The molecule has 26 aromatic rings. The molecule has 0 bridgehead atoms. The van der Waals surface area contributed by atoms with E-state index in [0.717, 1.165) is 204 Å². The molecule has 0 N–H and O–H groups in total. The maximum Gasteiger partial charge on any atom is 0.164 e. The third-order valence-corrected chi connectivity index (χ3v) is 26.3. The van der Waals surface area contributed by atoms with E-state index in [0.29, 0.717) is 23.3 Å². The van der Waals surface area contributed by atoms with Gasteiger partial charge >= 0.3 is 0 Å². The van der Waals surface area contributed by atoms with Crippen LogP contribution in [0.3, 0.4) is 0 Å². The molecule has 0 unspecified atom stereocenters. The SMILES string of the molecule is c1ccc(-c2cc(-c3ccc(-c4cc5nc(-c6ccc7ccccc7c6)c6ccc7c(c8ccccc8n7-c7ccccc7)c6c5c5ccccc45)cc3)nc(-c3cccc(-c4ccc5c(-c6nc7cc(-c8ccc(-c9nc(-c%10ccccc%10)nc(-c%10ccccc%10)n9)cc8)c8ccccc8c7c7c6ccc6c7c7ccccc7n6-c6ccccc6)cccc5c4)c3)n2)cc1. The number of para-hydroxylation sites is 4. The van der Waals surface area contributed by atoms with Gasteiger partial charge in [-0.2, -0.15) is 0 Å². The summed E-state index contributed by atoms with van der Waals surface area (Å²) in [7, 11) is 0. The van der Waals surface area contributed by atoms with Crippen molar-refractivity contribution >= 4 is 130 Å². The zero-order valence-electron chi connectivity index (χ0n) is 70.2. The van der Waals surface area contributed by atoms with Crippen LogP contribution in [0, 0.1) is 0 Å². The molecule has 0 aliphatic rings. The Labute approximate surface area is 747 Å². The molecule has 9 heteroatoms. The number of rotatable bonds is 13. The molecule has 130 heavy (non-hydrogen) atoms. The summed E-state index contributed by atoms with van der Waals surface area (Å²) in [5.74, 6) is 2.47. The Morgan fingerprint density at radius 1 is 0.154 bits per heavy atom. The van der Waals surface area contributed by atoms with Crippen LogP contribution in [0.2, 0.25) is 0 Å². The first-order chi connectivity index (χ1) is 64.4. The van der Waals surface area contributed by atoms with Gasteiger partial charge in [0, 0.05) is 110 Å². The molecule has 0 saturated carbocycles. The van der Waals surface area contributed by atoms with Crippen molar-refractivity contribution in [3.8, 4) is 135 Å². The summed E-state index contributed by atoms with van der Waals surface area (Å²) in [6.45, 7) is 0. The highest BCUT2D eigenvalue weighted by atomic mass is 15.0. The van der Waals surface area contributed by atoms with E-state index in [1.807, 2.05) is 60.7 Å². The zero-order valence-corrected chi connectivity index (χ0v) is 70.2. The van der Waals surface area contributed by atoms with Gasteiger partial charge in [0.15, 0.2) is 23.3 Å². The molecule has 602 valence electrons. The third kappa shape index (κ3) is 12.2. The largest absolute Gasteiger partial charge is 0.309 e. The van der Waals surface area contributed by atoms with Crippen molar-refractivity contribution in [2.75, 3.05) is 0 Å². The van der Waals surface area contributed by atoms with E-state index >= 15 is 0 Å². The molecule has 9 nitrogen and oxygen atoms in total. The Bertz CT molecular complexity index is 9070. The predicted octanol–water partition coefficient (Wildman–Crippen LogP) is 31.2. The molecule has 0 saturated heterocycles. The molecule has 20 aromatic carbocycles. The molecular weight excluding hydrogens is 1580 g/mol. The molecule has 6 aromatic heterocycles. The highest BCUT2D eigenvalue weighted by Gasteiger charge is 2.27. The first-order valence-electron chi connectivity index (χ1n) is 44.1. The first kappa shape index (κ1) is 73.9. The number of hydrogen-bond donors (Lipinski definition) is 0. The second kappa shape index (κ2) is 30.1. The van der Waals surface area contributed by atoms with Crippen molar-refractivity contribution in [1.29, 1.82) is 0 Å². The number of benzene rings is 20. The molecule has 0 spiro atoms. The van der Waals surface area contributed by atoms with Gasteiger partial charge < -0.3 is 9.13 Å². The fourth-order valence-electron chi connectivity index (χ4n) is 20.3. The second-order valence-corrected chi connectivity index (χ2v) is 33.7. The fraction of sp³-hybridized carbons (Fsp3) is 0. The van der Waals surface area contributed by atoms with Crippen LogP contribution < -0.4 is 0 Å². The van der Waals surface area contributed by atoms with E-state index in [1.54, 1.807) is 0 Å². The molecule has 0 aliphatic carbocycles. The maximum atomic E-state index is 5.97. The van der Waals surface area contributed by atoms with Crippen molar-refractivity contribution in [3.05, 3.63) is 443 Å². The number of aromatic nitrogens is 9. The summed E-state index contributed by atoms with van der Waals surface area (Å²) in [5.41, 5.74) is 26.2. The van der Waals surface area contributed by atoms with Crippen molar-refractivity contribution in [2.24, 2.45) is 0 Å². The lowest BCUT2D eigenvalue weighted by Gasteiger charge is -2.18. The van der Waals surface area contributed by atoms with Crippen molar-refractivity contribution in [1.82, 2.24) is 44.0 Å². The maximum absolute atomic E-state index is 5.97. The Morgan fingerprint density at radius 3 is 1.08 bits per heavy atom. The number of hydrogen-bond acceptors (Lipinski definition) is 7. The topological polar surface area (TPSA) is 100 Å². The van der Waals surface area contributed by atoms with E-state index < -0.39 is 0 Å². The van der Waals surface area contributed by atoms with Crippen LogP contribution >= 0.6 is 0 Å². The van der Waals surface area contributed by atoms with Gasteiger partial charge in [0.25, 0.3) is 0 Å². The van der Waals surface area contributed by atoms with E-state index in [1.165, 1.54) is 37.7 Å². The van der Waals surface area contributed by atoms with Crippen molar-refractivity contribution in [3.63, 3.8) is 0 Å². The van der Waals surface area contributed by atoms with E-state index in [9.17, 15) is 0 Å². The molecule has 0 amide bonds. The minimum atomic E-state index is 0.600. The van der Waals surface area contributed by atoms with Crippen molar-refractivity contribution < 1.29 is 0 Å². The monoisotopic (exact) mass is 1650 g/mol. The van der Waals surface area contributed by atoms with Crippen LogP contribution in [-0.2, 0) is 0 Å². The molecule has 6 heterocycles. The lowest BCUT2D eigenvalue weighted by Crippen LogP contribution is -2.00. The van der Waals surface area contributed by atoms with Gasteiger partial charge in [-0.15, -0.1) is 0 Å². The smallest absolute Gasteiger partial charge is 0.164 e. The summed E-state index contributed by atoms with van der Waals surface area (Å²) in [5, 5.41) is 20.6. The van der Waals surface area contributed by atoms with Gasteiger partial charge in [-0.25, -0.2) is 34.9 Å². The lowest BCUT2D eigenvalue weighted by atomic mass is 9.89. The highest BCUT2D eigenvalue weighted by Crippen LogP contribution is 2.51. The number of fused-ring (bicyclic) bond motifs is 20. The summed E-state index contributed by atoms with van der Waals surface area (Å²) in [6.07, 6.45) is 0. The standard InChI is InChI=1S/C121H73N9/c1-6-29-77(30-7-1)102-73-103(78-57-53-75(54-58-78)100-71-104-110(93-45-20-18-43-91(93)100)114-98(116(122-104)86-61-52-74-28-16-17-35-82(74)69-86)64-66-108-112(114)96-47-22-24-50-106(96)129(108)88-39-12-4-13-40-88)125-121(124-102)87-38-26-36-83(70-87)84-62-63-90-85(68-84)37-27-49-95(90)117-99-65-67-109-113(97-48-23-25-51-107(97)130(109)89-41-14-5-15-42-89)115(99)111-94-46-21-19-44-92(94)101(72-105(111)123-117)76-55-59-81(60-56-76)120-127-118(79-31-8-2-9-32-79)126-119(128-120)80-33-10-3-11-34-80/h1-73H. The molecule has 0 atom stereocenters. The minimum Gasteiger partial charge on any atom is -0.309 e. The fourth-order valence-corrected chi connectivity index (χ4v) is 20.3. The van der Waals surface area contributed by atoms with E-state index in [2.05, 4.69) is 391 Å². The van der Waals surface area contributed by atoms with Crippen LogP contribution in [0.4, 0.5) is 0 Å². The Balaban J connectivity index is 0.590. The minimum absolute atomic E-state index is 0.600. The van der Waals surface area contributed by atoms with Crippen LogP contribution in [0.15, 0.2) is 443 Å². The summed E-state index contributed by atoms with van der Waals surface area (Å²) in [4.78, 5) is 37.9. The summed E-state index contributed by atoms with van der Waals surface area (Å²) in [6, 6.07) is 159. The van der Waals surface area contributed by atoms with Gasteiger partial charge in [-0.3, -0.25) is 0 Å². The first-order valence-corrected chi connectivity index (χ1v) is 44.1. The molecule has 0 radical (unpaired) electrons. The number of pyridine rings is 2. The highest BCUT2D eigenvalue weighted by molar-refractivity contribution is 6.37. The molecule has 0 fully saturated rings. The third-order valence-electron chi connectivity index (χ3n) is 26.3. The quantitative estimate of drug-likeness (QED) is 0.106. The van der Waals surface area contributed by atoms with Gasteiger partial charge in [-0.05, 0) is 161 Å². The van der Waals surface area contributed by atoms with Gasteiger partial charge in [0.05, 0.1) is 55.9 Å². The number of nitrogens with zero attached hydrogens (tertiary/aromatic N) is 9. The Morgan fingerprint density at radius 2 is 0.523 bits per heavy atom. The second-order valence-electron chi connectivity index (χ2n) is 33.7. The van der Waals surface area contributed by atoms with Crippen molar-refractivity contribution in [2.45, 2.75) is 0 Å². The van der Waals surface area contributed by atoms with Crippen LogP contribution in [0.25, 0.3) is 265 Å². The van der Waals surface area contributed by atoms with E-state index in [4.69, 9.17) is 34.9 Å². The van der Waals surface area contributed by atoms with Crippen LogP contribution in [0.1, 0.15) is 0 Å². The lowest BCUT2D eigenvalue weighted by molar-refractivity contribution is 1.07. The average molecular weight is 1650 g/mol. The Kier molecular flexibility index (Phi) is 17.1. The normalized spacial score (nSPS) is 11.8. The van der Waals surface area contributed by atoms with Gasteiger partial charge in [0.2, 0.25) is 0 Å². The zero-order chi connectivity index (χ0) is 85.4. The molecule has 0 aliphatic heterocycles. The van der Waals surface area contributed by atoms with Crippen LogP contribution in [0.5, 0.6) is 0 Å². The van der Waals surface area contributed by atoms with Crippen LogP contribution in [-0.4, -0.2) is 44.0 Å². The predicted molar refractivity (Wildman–Crippen MR) is 540 cm³/mol. The molecule has 26 rings (SSSR count).